The Morgan fingerprint density at radius 3 is 2.35 bits per heavy atom. The van der Waals surface area contributed by atoms with E-state index in [4.69, 9.17) is 0 Å². The van der Waals surface area contributed by atoms with Crippen molar-refractivity contribution in [2.45, 2.75) is 55.1 Å². The zero-order valence-electron chi connectivity index (χ0n) is 25.0. The maximum Gasteiger partial charge on any atom is 0.387 e. The van der Waals surface area contributed by atoms with Gasteiger partial charge in [0.25, 0.3) is 10.0 Å². The molecule has 19 heteroatoms. The molecule has 0 bridgehead atoms. The number of aromatic nitrogens is 3. The van der Waals surface area contributed by atoms with E-state index in [1.54, 1.807) is 0 Å². The lowest BCUT2D eigenvalue weighted by Crippen LogP contribution is -2.60. The van der Waals surface area contributed by atoms with Crippen molar-refractivity contribution in [3.63, 3.8) is 0 Å². The molecule has 2 aliphatic carbocycles. The summed E-state index contributed by atoms with van der Waals surface area (Å²) in [4.78, 5) is 12.1. The van der Waals surface area contributed by atoms with Gasteiger partial charge in [0.15, 0.2) is 20.5 Å². The molecule has 1 saturated heterocycles. The molecular formula is C30H25F6N5O5S3. The van der Waals surface area contributed by atoms with E-state index in [1.165, 1.54) is 24.4 Å². The largest absolute Gasteiger partial charge is 0.433 e. The third kappa shape index (κ3) is 6.20. The molecule has 2 aromatic carbocycles. The summed E-state index contributed by atoms with van der Waals surface area (Å²) < 4.78 is 141. The van der Waals surface area contributed by atoms with Crippen LogP contribution in [0.1, 0.15) is 30.7 Å². The number of nitrogens with zero attached hydrogens (tertiary/aromatic N) is 3. The van der Waals surface area contributed by atoms with Crippen molar-refractivity contribution in [1.29, 1.82) is 0 Å². The van der Waals surface area contributed by atoms with E-state index in [9.17, 15) is 38.8 Å². The average Bonchev–Trinajstić information content (AvgIpc) is 3.69. The predicted octanol–water partition coefficient (Wildman–Crippen LogP) is 6.23. The molecule has 4 aromatic rings. The smallest absolute Gasteiger partial charge is 0.387 e. The van der Waals surface area contributed by atoms with Crippen LogP contribution in [0, 0.1) is 17.0 Å². The number of benzene rings is 2. The van der Waals surface area contributed by atoms with Gasteiger partial charge >= 0.3 is 6.61 Å². The van der Waals surface area contributed by atoms with Crippen LogP contribution in [-0.4, -0.2) is 62.4 Å². The summed E-state index contributed by atoms with van der Waals surface area (Å²) in [6.45, 7) is -3.49. The van der Waals surface area contributed by atoms with Crippen LogP contribution in [0.2, 0.25) is 0 Å². The summed E-state index contributed by atoms with van der Waals surface area (Å²) in [6, 6.07) is 7.33. The molecule has 1 aliphatic heterocycles. The minimum absolute atomic E-state index is 0.0262. The first-order valence-electron chi connectivity index (χ1n) is 14.8. The molecule has 2 aromatic heterocycles. The number of halogens is 6. The molecule has 260 valence electrons. The number of sulfone groups is 1. The van der Waals surface area contributed by atoms with Gasteiger partial charge in [-0.1, -0.05) is 12.1 Å². The zero-order valence-corrected chi connectivity index (χ0v) is 27.4. The van der Waals surface area contributed by atoms with E-state index in [2.05, 4.69) is 25.0 Å². The lowest BCUT2D eigenvalue weighted by molar-refractivity contribution is -0.0520. The van der Waals surface area contributed by atoms with Crippen LogP contribution in [0.3, 0.4) is 0 Å². The van der Waals surface area contributed by atoms with Gasteiger partial charge in [0.1, 0.15) is 16.6 Å². The third-order valence-corrected chi connectivity index (χ3v) is 13.6. The second-order valence-electron chi connectivity index (χ2n) is 12.4. The number of anilines is 2. The molecule has 7 rings (SSSR count). The van der Waals surface area contributed by atoms with Gasteiger partial charge in [-0.25, -0.2) is 49.3 Å². The maximum atomic E-state index is 16.2. The first kappa shape index (κ1) is 33.5. The fraction of sp³-hybridized carbons (Fsp3) is 0.367. The van der Waals surface area contributed by atoms with Gasteiger partial charge in [-0.15, -0.1) is 11.3 Å². The van der Waals surface area contributed by atoms with E-state index in [0.29, 0.717) is 18.9 Å². The molecule has 3 heterocycles. The average molecular weight is 746 g/mol. The van der Waals surface area contributed by atoms with Gasteiger partial charge < -0.3 is 10.1 Å². The predicted molar refractivity (Wildman–Crippen MR) is 167 cm³/mol. The van der Waals surface area contributed by atoms with E-state index in [0.717, 1.165) is 29.5 Å². The van der Waals surface area contributed by atoms with Crippen LogP contribution in [0.4, 0.5) is 38.0 Å². The normalized spacial score (nSPS) is 19.0. The Balaban J connectivity index is 1.23. The highest BCUT2D eigenvalue weighted by Gasteiger charge is 2.57. The van der Waals surface area contributed by atoms with Crippen LogP contribution in [0.15, 0.2) is 53.6 Å². The van der Waals surface area contributed by atoms with Gasteiger partial charge in [0.2, 0.25) is 12.4 Å². The number of sulfonamides is 1. The number of alkyl halides is 4. The topological polar surface area (TPSA) is 140 Å². The molecule has 49 heavy (non-hydrogen) atoms. The number of ether oxygens (including phenoxy) is 1. The molecule has 0 radical (unpaired) electrons. The Kier molecular flexibility index (Phi) is 8.09. The van der Waals surface area contributed by atoms with Crippen LogP contribution in [0.25, 0.3) is 21.8 Å². The first-order chi connectivity index (χ1) is 23.1. The van der Waals surface area contributed by atoms with E-state index >= 15 is 4.39 Å². The molecule has 2 saturated carbocycles. The number of nitrogens with one attached hydrogen (secondary N) is 2. The Hall–Kier alpha value is -3.97. The Morgan fingerprint density at radius 1 is 0.980 bits per heavy atom. The Bertz CT molecular complexity index is 2160. The van der Waals surface area contributed by atoms with Crippen LogP contribution < -0.4 is 14.8 Å². The SMILES string of the molecule is O=S1(=O)CC2(CC(Nc3nccc(-c4sc(C5(C(F)F)CC5)nc4-c4cccc(NS(=O)(=O)c5c(F)cccc5OC(F)F)c4F)n3)C2)C1. The van der Waals surface area contributed by atoms with E-state index < -0.39 is 66.3 Å². The summed E-state index contributed by atoms with van der Waals surface area (Å²) in [5.41, 5.74) is -2.73. The molecular weight excluding hydrogens is 721 g/mol. The zero-order chi connectivity index (χ0) is 34.9. The van der Waals surface area contributed by atoms with Gasteiger partial charge in [0.05, 0.1) is 38.9 Å². The standard InChI is InChI=1S/C30H25F6N5O5S3/c31-17-4-2-6-20(46-27(35)36)24(17)49(44,45)41-18-5-1-3-16(21(18)32)22-23(47-26(40-22)30(8-9-30)25(33)34)19-7-10-37-28(39-19)38-15-11-29(12-15)13-48(42,43)14-29/h1-7,10,15,25,27,41H,8-9,11-14H2,(H,37,38,39). The van der Waals surface area contributed by atoms with Crippen molar-refractivity contribution in [2.24, 2.45) is 5.41 Å². The first-order valence-corrected chi connectivity index (χ1v) is 18.9. The Labute approximate surface area is 279 Å². The summed E-state index contributed by atoms with van der Waals surface area (Å²) in [5.74, 6) is -3.22. The highest BCUT2D eigenvalue weighted by atomic mass is 32.2. The van der Waals surface area contributed by atoms with Crippen LogP contribution >= 0.6 is 11.3 Å². The quantitative estimate of drug-likeness (QED) is 0.171. The molecule has 1 spiro atoms. The second-order valence-corrected chi connectivity index (χ2v) is 17.1. The summed E-state index contributed by atoms with van der Waals surface area (Å²) in [6.07, 6.45) is 0.120. The van der Waals surface area contributed by atoms with Crippen molar-refractivity contribution in [3.05, 3.63) is 65.3 Å². The third-order valence-electron chi connectivity index (χ3n) is 8.81. The summed E-state index contributed by atoms with van der Waals surface area (Å²) >= 11 is 0.881. The minimum atomic E-state index is -5.05. The van der Waals surface area contributed by atoms with Crippen LogP contribution in [-0.2, 0) is 25.3 Å². The van der Waals surface area contributed by atoms with Crippen LogP contribution in [0.5, 0.6) is 5.75 Å². The number of thiazole rings is 1. The van der Waals surface area contributed by atoms with E-state index in [1.807, 2.05) is 4.72 Å². The minimum Gasteiger partial charge on any atom is -0.433 e. The lowest BCUT2D eigenvalue weighted by Gasteiger charge is -2.53. The second kappa shape index (κ2) is 11.8. The van der Waals surface area contributed by atoms with Gasteiger partial charge in [-0.2, -0.15) is 8.78 Å². The lowest BCUT2D eigenvalue weighted by atomic mass is 9.67. The monoisotopic (exact) mass is 745 g/mol. The maximum absolute atomic E-state index is 16.2. The molecule has 0 atom stereocenters. The van der Waals surface area contributed by atoms with Gasteiger partial charge in [0, 0.05) is 23.2 Å². The number of hydrogen-bond acceptors (Lipinski definition) is 10. The Morgan fingerprint density at radius 2 is 1.69 bits per heavy atom. The number of hydrogen-bond donors (Lipinski definition) is 2. The molecule has 0 unspecified atom stereocenters. The van der Waals surface area contributed by atoms with Gasteiger partial charge in [-0.3, -0.25) is 4.72 Å². The summed E-state index contributed by atoms with van der Waals surface area (Å²) in [7, 11) is -8.06. The fourth-order valence-corrected chi connectivity index (χ4v) is 11.2. The van der Waals surface area contributed by atoms with Crippen molar-refractivity contribution in [2.75, 3.05) is 21.5 Å². The van der Waals surface area contributed by atoms with Crippen molar-refractivity contribution >= 4 is 42.8 Å². The highest BCUT2D eigenvalue weighted by molar-refractivity contribution is 7.93. The highest BCUT2D eigenvalue weighted by Crippen LogP contribution is 2.56. The molecule has 2 N–H and O–H groups in total. The number of rotatable bonds is 11. The van der Waals surface area contributed by atoms with Crippen molar-refractivity contribution in [3.8, 4) is 27.6 Å². The van der Waals surface area contributed by atoms with Gasteiger partial charge in [-0.05, 0) is 56.0 Å². The van der Waals surface area contributed by atoms with Crippen molar-refractivity contribution < 1.29 is 47.9 Å². The fourth-order valence-electron chi connectivity index (χ4n) is 6.43. The summed E-state index contributed by atoms with van der Waals surface area (Å²) in [5, 5.41) is 3.18. The molecule has 0 amide bonds. The molecule has 10 nitrogen and oxygen atoms in total. The van der Waals surface area contributed by atoms with Crippen molar-refractivity contribution in [1.82, 2.24) is 15.0 Å². The molecule has 3 aliphatic rings. The van der Waals surface area contributed by atoms with E-state index in [-0.39, 0.29) is 68.6 Å². The molecule has 3 fully saturated rings.